The lowest BCUT2D eigenvalue weighted by Crippen LogP contribution is -2.36. The lowest BCUT2D eigenvalue weighted by Gasteiger charge is -2.27. The van der Waals surface area contributed by atoms with E-state index in [1.165, 1.54) is 0 Å². The van der Waals surface area contributed by atoms with Crippen LogP contribution in [-0.2, 0) is 22.6 Å². The van der Waals surface area contributed by atoms with Gasteiger partial charge in [0.15, 0.2) is 6.61 Å². The molecule has 0 aliphatic carbocycles. The molecule has 0 unspecified atom stereocenters. The summed E-state index contributed by atoms with van der Waals surface area (Å²) in [6, 6.07) is 3.44. The van der Waals surface area contributed by atoms with Gasteiger partial charge in [-0.25, -0.2) is 9.59 Å². The highest BCUT2D eigenvalue weighted by Gasteiger charge is 2.26. The molecule has 0 bridgehead atoms. The molecule has 8 nitrogen and oxygen atoms in total. The van der Waals surface area contributed by atoms with Crippen LogP contribution in [-0.4, -0.2) is 64.5 Å². The highest BCUT2D eigenvalue weighted by Crippen LogP contribution is 2.36. The normalized spacial score (nSPS) is 15.0. The summed E-state index contributed by atoms with van der Waals surface area (Å²) in [4.78, 5) is 25.3. The molecule has 1 aromatic carbocycles. The number of nitrogens with zero attached hydrogens (tertiary/aromatic N) is 2. The number of unbranched alkanes of at least 4 members (excludes halogenated alkanes) is 1. The summed E-state index contributed by atoms with van der Waals surface area (Å²) in [5.41, 5.74) is 1.80. The lowest BCUT2D eigenvalue weighted by atomic mass is 10.1. The quantitative estimate of drug-likeness (QED) is 0.582. The molecule has 3 rings (SSSR count). The molecule has 9 heteroatoms. The maximum Gasteiger partial charge on any atom is 0.341 e. The maximum atomic E-state index is 12.2. The molecule has 158 valence electrons. The number of carbonyl (C=O) groups is 2. The van der Waals surface area contributed by atoms with E-state index in [0.29, 0.717) is 41.9 Å². The fourth-order valence-corrected chi connectivity index (χ4v) is 4.04. The number of rotatable bonds is 9. The molecule has 0 radical (unpaired) electrons. The number of aromatic nitrogens is 1. The highest BCUT2D eigenvalue weighted by atomic mass is 79.9. The fourth-order valence-electron chi connectivity index (χ4n) is 3.60. The van der Waals surface area contributed by atoms with Crippen LogP contribution in [0.4, 0.5) is 0 Å². The minimum absolute atomic E-state index is 0.246. The molecule has 1 aromatic heterocycles. The summed E-state index contributed by atoms with van der Waals surface area (Å²) in [7, 11) is 0. The molecular formula is C20H25BrN2O6. The SMILES string of the molecule is CCCCn1c(CN2CCOCC2)c(C(=O)O)c2cc(OCC(=O)O)c(Br)cc21. The zero-order valence-corrected chi connectivity index (χ0v) is 17.9. The smallest absolute Gasteiger partial charge is 0.341 e. The number of halogens is 1. The Bertz CT molecular complexity index is 904. The monoisotopic (exact) mass is 468 g/mol. The van der Waals surface area contributed by atoms with E-state index in [9.17, 15) is 14.7 Å². The zero-order valence-electron chi connectivity index (χ0n) is 16.3. The Morgan fingerprint density at radius 2 is 1.97 bits per heavy atom. The van der Waals surface area contributed by atoms with Gasteiger partial charge in [-0.2, -0.15) is 0 Å². The Hall–Kier alpha value is -2.10. The van der Waals surface area contributed by atoms with Crippen molar-refractivity contribution < 1.29 is 29.3 Å². The van der Waals surface area contributed by atoms with Gasteiger partial charge in [-0.15, -0.1) is 0 Å². The van der Waals surface area contributed by atoms with Gasteiger partial charge < -0.3 is 24.3 Å². The third-order valence-electron chi connectivity index (χ3n) is 5.00. The van der Waals surface area contributed by atoms with Crippen LogP contribution < -0.4 is 4.74 Å². The number of carboxylic acids is 2. The lowest BCUT2D eigenvalue weighted by molar-refractivity contribution is -0.139. The largest absolute Gasteiger partial charge is 0.481 e. The first-order valence-corrected chi connectivity index (χ1v) is 10.4. The summed E-state index contributed by atoms with van der Waals surface area (Å²) in [5.74, 6) is -1.78. The molecule has 2 aromatic rings. The fraction of sp³-hybridized carbons (Fsp3) is 0.500. The first kappa shape index (κ1) is 21.6. The molecule has 0 saturated carbocycles. The molecule has 29 heavy (non-hydrogen) atoms. The van der Waals surface area contributed by atoms with Crippen molar-refractivity contribution in [2.75, 3.05) is 32.9 Å². The summed E-state index contributed by atoms with van der Waals surface area (Å²) >= 11 is 3.43. The highest BCUT2D eigenvalue weighted by molar-refractivity contribution is 9.10. The number of hydrogen-bond acceptors (Lipinski definition) is 5. The second kappa shape index (κ2) is 9.60. The van der Waals surface area contributed by atoms with Gasteiger partial charge in [0.25, 0.3) is 0 Å². The first-order chi connectivity index (χ1) is 13.9. The van der Waals surface area contributed by atoms with E-state index in [0.717, 1.165) is 37.1 Å². The van der Waals surface area contributed by atoms with Crippen molar-refractivity contribution in [1.29, 1.82) is 0 Å². The molecule has 1 saturated heterocycles. The number of ether oxygens (including phenoxy) is 2. The molecular weight excluding hydrogens is 444 g/mol. The second-order valence-electron chi connectivity index (χ2n) is 7.00. The Balaban J connectivity index is 2.12. The van der Waals surface area contributed by atoms with Gasteiger partial charge in [0, 0.05) is 37.3 Å². The number of aromatic carboxylic acids is 1. The Morgan fingerprint density at radius 1 is 1.24 bits per heavy atom. The zero-order chi connectivity index (χ0) is 21.0. The van der Waals surface area contributed by atoms with Crippen molar-refractivity contribution in [3.8, 4) is 5.75 Å². The molecule has 1 aliphatic rings. The summed E-state index contributed by atoms with van der Waals surface area (Å²) in [6.45, 7) is 5.61. The molecule has 0 amide bonds. The van der Waals surface area contributed by atoms with Gasteiger partial charge in [0.05, 0.1) is 28.8 Å². The van der Waals surface area contributed by atoms with Gasteiger partial charge in [-0.3, -0.25) is 4.90 Å². The van der Waals surface area contributed by atoms with E-state index in [2.05, 4.69) is 32.3 Å². The van der Waals surface area contributed by atoms with Crippen molar-refractivity contribution in [1.82, 2.24) is 9.47 Å². The Labute approximate surface area is 177 Å². The van der Waals surface area contributed by atoms with Crippen LogP contribution in [0.1, 0.15) is 35.8 Å². The van der Waals surface area contributed by atoms with Crippen LogP contribution in [0.25, 0.3) is 10.9 Å². The van der Waals surface area contributed by atoms with Crippen LogP contribution in [0.15, 0.2) is 16.6 Å². The summed E-state index contributed by atoms with van der Waals surface area (Å²) in [5, 5.41) is 19.5. The summed E-state index contributed by atoms with van der Waals surface area (Å²) in [6.07, 6.45) is 1.91. The third kappa shape index (κ3) is 4.91. The molecule has 1 fully saturated rings. The third-order valence-corrected chi connectivity index (χ3v) is 5.62. The van der Waals surface area contributed by atoms with E-state index in [4.69, 9.17) is 14.6 Å². The van der Waals surface area contributed by atoms with Crippen LogP contribution >= 0.6 is 15.9 Å². The Morgan fingerprint density at radius 3 is 2.59 bits per heavy atom. The van der Waals surface area contributed by atoms with Gasteiger partial charge in [0.2, 0.25) is 0 Å². The van der Waals surface area contributed by atoms with E-state index in [1.54, 1.807) is 6.07 Å². The van der Waals surface area contributed by atoms with E-state index < -0.39 is 18.5 Å². The van der Waals surface area contributed by atoms with Crippen LogP contribution in [0.2, 0.25) is 0 Å². The van der Waals surface area contributed by atoms with Crippen molar-refractivity contribution in [2.45, 2.75) is 32.9 Å². The first-order valence-electron chi connectivity index (χ1n) is 9.65. The van der Waals surface area contributed by atoms with E-state index in [-0.39, 0.29) is 5.56 Å². The molecule has 1 aliphatic heterocycles. The predicted molar refractivity (Wildman–Crippen MR) is 111 cm³/mol. The van der Waals surface area contributed by atoms with Crippen molar-refractivity contribution in [2.24, 2.45) is 0 Å². The molecule has 2 heterocycles. The van der Waals surface area contributed by atoms with Gasteiger partial charge in [-0.1, -0.05) is 13.3 Å². The number of hydrogen-bond donors (Lipinski definition) is 2. The number of benzene rings is 1. The number of morpholine rings is 1. The predicted octanol–water partition coefficient (Wildman–Crippen LogP) is 3.20. The minimum atomic E-state index is -1.09. The van der Waals surface area contributed by atoms with Crippen LogP contribution in [0.3, 0.4) is 0 Å². The molecule has 0 spiro atoms. The maximum absolute atomic E-state index is 12.2. The van der Waals surface area contributed by atoms with Crippen molar-refractivity contribution >= 4 is 38.8 Å². The van der Waals surface area contributed by atoms with Crippen molar-refractivity contribution in [3.63, 3.8) is 0 Å². The number of carboxylic acid groups (broad SMARTS) is 2. The molecule has 0 atom stereocenters. The topological polar surface area (TPSA) is 101 Å². The molecule has 2 N–H and O–H groups in total. The van der Waals surface area contributed by atoms with E-state index >= 15 is 0 Å². The second-order valence-corrected chi connectivity index (χ2v) is 7.86. The van der Waals surface area contributed by atoms with Crippen LogP contribution in [0.5, 0.6) is 5.75 Å². The van der Waals surface area contributed by atoms with Gasteiger partial charge >= 0.3 is 11.9 Å². The van der Waals surface area contributed by atoms with Gasteiger partial charge in [0.1, 0.15) is 5.75 Å². The van der Waals surface area contributed by atoms with Crippen LogP contribution in [0, 0.1) is 0 Å². The van der Waals surface area contributed by atoms with Gasteiger partial charge in [-0.05, 0) is 34.5 Å². The van der Waals surface area contributed by atoms with Crippen molar-refractivity contribution in [3.05, 3.63) is 27.9 Å². The number of fused-ring (bicyclic) bond motifs is 1. The average Bonchev–Trinajstić information content (AvgIpc) is 2.97. The minimum Gasteiger partial charge on any atom is -0.481 e. The number of aliphatic carboxylic acids is 1. The number of aryl methyl sites for hydroxylation is 1. The summed E-state index contributed by atoms with van der Waals surface area (Å²) < 4.78 is 13.4. The van der Waals surface area contributed by atoms with E-state index in [1.807, 2.05) is 6.07 Å². The standard InChI is InChI=1S/C20H25BrN2O6/c1-2-3-4-23-15-10-14(21)17(29-12-18(24)25)9-13(15)19(20(26)27)16(23)11-22-5-7-28-8-6-22/h9-10H,2-8,11-12H2,1H3,(H,24,25)(H,26,27). The average molecular weight is 469 g/mol. The Kier molecular flexibility index (Phi) is 7.15.